The van der Waals surface area contributed by atoms with Gasteiger partial charge in [0.1, 0.15) is 5.75 Å². The molecule has 0 aliphatic heterocycles. The zero-order valence-electron chi connectivity index (χ0n) is 11.7. The van der Waals surface area contributed by atoms with Gasteiger partial charge in [-0.15, -0.1) is 12.4 Å². The average Bonchev–Trinajstić information content (AvgIpc) is 2.35. The van der Waals surface area contributed by atoms with Gasteiger partial charge in [0.2, 0.25) is 5.91 Å². The van der Waals surface area contributed by atoms with Gasteiger partial charge >= 0.3 is 0 Å². The molecule has 1 aromatic carbocycles. The van der Waals surface area contributed by atoms with E-state index >= 15 is 0 Å². The molecule has 1 unspecified atom stereocenters. The highest BCUT2D eigenvalue weighted by Gasteiger charge is 2.17. The van der Waals surface area contributed by atoms with E-state index in [1.165, 1.54) is 0 Å². The van der Waals surface area contributed by atoms with Gasteiger partial charge in [-0.05, 0) is 24.5 Å². The third-order valence-electron chi connectivity index (χ3n) is 2.60. The van der Waals surface area contributed by atoms with Crippen LogP contribution in [-0.2, 0) is 4.79 Å². The SMILES string of the molecule is CCCOc1cccc(NC(=O)C(N)C(C)C)c1.Cl. The van der Waals surface area contributed by atoms with E-state index in [2.05, 4.69) is 5.32 Å². The maximum absolute atomic E-state index is 11.8. The maximum atomic E-state index is 11.8. The van der Waals surface area contributed by atoms with Crippen molar-refractivity contribution in [1.82, 2.24) is 0 Å². The highest BCUT2D eigenvalue weighted by Crippen LogP contribution is 2.18. The molecule has 0 aliphatic carbocycles. The van der Waals surface area contributed by atoms with Crippen molar-refractivity contribution in [2.24, 2.45) is 11.7 Å². The standard InChI is InChI=1S/C14H22N2O2.ClH/c1-4-8-18-12-7-5-6-11(9-12)16-14(17)13(15)10(2)3;/h5-7,9-10,13H,4,8,15H2,1-3H3,(H,16,17);1H. The number of ether oxygens (including phenoxy) is 1. The lowest BCUT2D eigenvalue weighted by atomic mass is 10.0. The van der Waals surface area contributed by atoms with E-state index in [0.717, 1.165) is 12.2 Å². The molecule has 3 N–H and O–H groups in total. The largest absolute Gasteiger partial charge is 0.494 e. The molecule has 0 saturated carbocycles. The van der Waals surface area contributed by atoms with E-state index in [4.69, 9.17) is 10.5 Å². The highest BCUT2D eigenvalue weighted by atomic mass is 35.5. The minimum Gasteiger partial charge on any atom is -0.494 e. The molecule has 0 fully saturated rings. The second-order valence-corrected chi connectivity index (χ2v) is 4.64. The van der Waals surface area contributed by atoms with Crippen molar-refractivity contribution in [3.05, 3.63) is 24.3 Å². The van der Waals surface area contributed by atoms with E-state index in [0.29, 0.717) is 12.3 Å². The Labute approximate surface area is 121 Å². The molecule has 0 bridgehead atoms. The predicted molar refractivity (Wildman–Crippen MR) is 80.9 cm³/mol. The fourth-order valence-electron chi connectivity index (χ4n) is 1.41. The van der Waals surface area contributed by atoms with Crippen molar-refractivity contribution in [3.8, 4) is 5.75 Å². The van der Waals surface area contributed by atoms with E-state index in [1.54, 1.807) is 6.07 Å². The summed E-state index contributed by atoms with van der Waals surface area (Å²) in [6, 6.07) is 6.85. The van der Waals surface area contributed by atoms with Crippen LogP contribution in [0.2, 0.25) is 0 Å². The number of carbonyl (C=O) groups is 1. The first kappa shape index (κ1) is 17.7. The van der Waals surface area contributed by atoms with Crippen LogP contribution in [-0.4, -0.2) is 18.6 Å². The number of anilines is 1. The van der Waals surface area contributed by atoms with Crippen LogP contribution >= 0.6 is 12.4 Å². The molecule has 0 radical (unpaired) electrons. The third kappa shape index (κ3) is 5.94. The minimum absolute atomic E-state index is 0. The number of hydrogen-bond donors (Lipinski definition) is 2. The molecule has 1 aromatic rings. The van der Waals surface area contributed by atoms with Crippen molar-refractivity contribution >= 4 is 24.0 Å². The molecule has 1 rings (SSSR count). The average molecular weight is 287 g/mol. The smallest absolute Gasteiger partial charge is 0.241 e. The topological polar surface area (TPSA) is 64.3 Å². The Bertz CT molecular complexity index is 397. The van der Waals surface area contributed by atoms with Gasteiger partial charge in [0.05, 0.1) is 12.6 Å². The monoisotopic (exact) mass is 286 g/mol. The molecule has 108 valence electrons. The number of carbonyl (C=O) groups excluding carboxylic acids is 1. The first-order valence-electron chi connectivity index (χ1n) is 6.34. The van der Waals surface area contributed by atoms with Gasteiger partial charge in [-0.1, -0.05) is 26.8 Å². The number of hydrogen-bond acceptors (Lipinski definition) is 3. The molecular formula is C14H23ClN2O2. The normalized spacial score (nSPS) is 11.6. The Morgan fingerprint density at radius 1 is 1.42 bits per heavy atom. The minimum atomic E-state index is -0.495. The summed E-state index contributed by atoms with van der Waals surface area (Å²) >= 11 is 0. The zero-order chi connectivity index (χ0) is 13.5. The van der Waals surface area contributed by atoms with Gasteiger partial charge in [0, 0.05) is 11.8 Å². The number of nitrogens with one attached hydrogen (secondary N) is 1. The van der Waals surface area contributed by atoms with Crippen LogP contribution in [0.4, 0.5) is 5.69 Å². The summed E-state index contributed by atoms with van der Waals surface area (Å²) in [4.78, 5) is 11.8. The fourth-order valence-corrected chi connectivity index (χ4v) is 1.41. The summed E-state index contributed by atoms with van der Waals surface area (Å²) < 4.78 is 5.50. The molecule has 19 heavy (non-hydrogen) atoms. The maximum Gasteiger partial charge on any atom is 0.241 e. The van der Waals surface area contributed by atoms with Crippen LogP contribution in [0.25, 0.3) is 0 Å². The predicted octanol–water partition coefficient (Wildman–Crippen LogP) is 2.82. The zero-order valence-corrected chi connectivity index (χ0v) is 12.5. The Morgan fingerprint density at radius 2 is 2.11 bits per heavy atom. The summed E-state index contributed by atoms with van der Waals surface area (Å²) in [7, 11) is 0. The summed E-state index contributed by atoms with van der Waals surface area (Å²) in [5, 5.41) is 2.80. The van der Waals surface area contributed by atoms with Crippen LogP contribution in [0.3, 0.4) is 0 Å². The van der Waals surface area contributed by atoms with Gasteiger partial charge in [0.25, 0.3) is 0 Å². The summed E-state index contributed by atoms with van der Waals surface area (Å²) in [6.07, 6.45) is 0.953. The summed E-state index contributed by atoms with van der Waals surface area (Å²) in [6.45, 7) is 6.56. The fraction of sp³-hybridized carbons (Fsp3) is 0.500. The second kappa shape index (κ2) is 8.77. The Morgan fingerprint density at radius 3 is 2.68 bits per heavy atom. The van der Waals surface area contributed by atoms with Gasteiger partial charge in [-0.25, -0.2) is 0 Å². The molecule has 1 atom stereocenters. The molecule has 0 spiro atoms. The summed E-state index contributed by atoms with van der Waals surface area (Å²) in [5.41, 5.74) is 6.50. The van der Waals surface area contributed by atoms with Crippen LogP contribution in [0, 0.1) is 5.92 Å². The highest BCUT2D eigenvalue weighted by molar-refractivity contribution is 5.94. The second-order valence-electron chi connectivity index (χ2n) is 4.64. The van der Waals surface area contributed by atoms with Gasteiger partial charge in [-0.2, -0.15) is 0 Å². The lowest BCUT2D eigenvalue weighted by molar-refractivity contribution is -0.118. The van der Waals surface area contributed by atoms with Crippen LogP contribution < -0.4 is 15.8 Å². The van der Waals surface area contributed by atoms with E-state index in [-0.39, 0.29) is 24.2 Å². The molecule has 0 saturated heterocycles. The van der Waals surface area contributed by atoms with Crippen molar-refractivity contribution in [2.45, 2.75) is 33.2 Å². The molecular weight excluding hydrogens is 264 g/mol. The van der Waals surface area contributed by atoms with Crippen molar-refractivity contribution < 1.29 is 9.53 Å². The van der Waals surface area contributed by atoms with Crippen LogP contribution in [0.5, 0.6) is 5.75 Å². The third-order valence-corrected chi connectivity index (χ3v) is 2.60. The lowest BCUT2D eigenvalue weighted by Crippen LogP contribution is -2.39. The van der Waals surface area contributed by atoms with Crippen LogP contribution in [0.1, 0.15) is 27.2 Å². The molecule has 0 aliphatic rings. The van der Waals surface area contributed by atoms with Crippen LogP contribution in [0.15, 0.2) is 24.3 Å². The van der Waals surface area contributed by atoms with Gasteiger partial charge < -0.3 is 15.8 Å². The van der Waals surface area contributed by atoms with Gasteiger partial charge in [0.15, 0.2) is 0 Å². The number of nitrogens with two attached hydrogens (primary N) is 1. The molecule has 4 nitrogen and oxygen atoms in total. The van der Waals surface area contributed by atoms with Crippen molar-refractivity contribution in [1.29, 1.82) is 0 Å². The van der Waals surface area contributed by atoms with Gasteiger partial charge in [-0.3, -0.25) is 4.79 Å². The van der Waals surface area contributed by atoms with E-state index in [1.807, 2.05) is 39.0 Å². The molecule has 0 heterocycles. The quantitative estimate of drug-likeness (QED) is 0.845. The van der Waals surface area contributed by atoms with Crippen molar-refractivity contribution in [2.75, 3.05) is 11.9 Å². The first-order valence-corrected chi connectivity index (χ1v) is 6.34. The number of rotatable bonds is 6. The number of halogens is 1. The Kier molecular flexibility index (Phi) is 8.19. The summed E-state index contributed by atoms with van der Waals surface area (Å²) in [5.74, 6) is 0.704. The van der Waals surface area contributed by atoms with E-state index in [9.17, 15) is 4.79 Å². The Balaban J connectivity index is 0.00000324. The Hall–Kier alpha value is -1.26. The van der Waals surface area contributed by atoms with Crippen molar-refractivity contribution in [3.63, 3.8) is 0 Å². The number of benzene rings is 1. The number of amides is 1. The molecule has 5 heteroatoms. The van der Waals surface area contributed by atoms with E-state index < -0.39 is 6.04 Å². The first-order chi connectivity index (χ1) is 8.54. The molecule has 0 aromatic heterocycles. The lowest BCUT2D eigenvalue weighted by Gasteiger charge is -2.15. The molecule has 1 amide bonds.